The van der Waals surface area contributed by atoms with E-state index in [1.54, 1.807) is 16.7 Å². The first-order chi connectivity index (χ1) is 6.24. The first kappa shape index (κ1) is 10.5. The molecule has 13 heavy (non-hydrogen) atoms. The maximum Gasteiger partial charge on any atom is 0.230 e. The van der Waals surface area contributed by atoms with Gasteiger partial charge in [-0.1, -0.05) is 0 Å². The summed E-state index contributed by atoms with van der Waals surface area (Å²) in [5.41, 5.74) is 0. The Morgan fingerprint density at radius 2 is 2.15 bits per heavy atom. The summed E-state index contributed by atoms with van der Waals surface area (Å²) in [6, 6.07) is 0. The lowest BCUT2D eigenvalue weighted by Crippen LogP contribution is -2.27. The largest absolute Gasteiger partial charge is 0.396 e. The van der Waals surface area contributed by atoms with Gasteiger partial charge in [-0.2, -0.15) is 11.8 Å². The molecule has 0 saturated carbocycles. The third-order valence-corrected chi connectivity index (χ3v) is 2.75. The van der Waals surface area contributed by atoms with Crippen molar-refractivity contribution in [2.24, 2.45) is 0 Å². The molecule has 4 nitrogen and oxygen atoms in total. The van der Waals surface area contributed by atoms with Crippen molar-refractivity contribution >= 4 is 23.5 Å². The average molecular weight is 203 g/mol. The maximum atomic E-state index is 11.1. The zero-order valence-corrected chi connectivity index (χ0v) is 8.18. The zero-order valence-electron chi connectivity index (χ0n) is 7.36. The third-order valence-electron chi connectivity index (χ3n) is 1.81. The lowest BCUT2D eigenvalue weighted by Gasteiger charge is -2.13. The van der Waals surface area contributed by atoms with Crippen LogP contribution < -0.4 is 0 Å². The van der Waals surface area contributed by atoms with E-state index in [0.717, 1.165) is 5.75 Å². The Morgan fingerprint density at radius 1 is 1.38 bits per heavy atom. The molecule has 0 aromatic heterocycles. The van der Waals surface area contributed by atoms with E-state index in [-0.39, 0.29) is 31.3 Å². The van der Waals surface area contributed by atoms with E-state index in [1.807, 2.05) is 0 Å². The second kappa shape index (κ2) is 5.24. The molecule has 1 N–H and O–H groups in total. The van der Waals surface area contributed by atoms with Gasteiger partial charge in [-0.05, 0) is 0 Å². The number of hydrogen-bond donors (Lipinski definition) is 1. The summed E-state index contributed by atoms with van der Waals surface area (Å²) in [5.74, 6) is 1.43. The highest BCUT2D eigenvalue weighted by atomic mass is 32.2. The topological polar surface area (TPSA) is 57.6 Å². The van der Waals surface area contributed by atoms with Crippen molar-refractivity contribution in [1.29, 1.82) is 0 Å². The van der Waals surface area contributed by atoms with Crippen LogP contribution >= 0.6 is 11.8 Å². The van der Waals surface area contributed by atoms with Crippen LogP contribution in [0.2, 0.25) is 0 Å². The van der Waals surface area contributed by atoms with Gasteiger partial charge in [-0.15, -0.1) is 0 Å². The van der Waals surface area contributed by atoms with E-state index in [4.69, 9.17) is 5.11 Å². The van der Waals surface area contributed by atoms with Crippen molar-refractivity contribution in [2.45, 2.75) is 6.42 Å². The van der Waals surface area contributed by atoms with Gasteiger partial charge in [0, 0.05) is 18.1 Å². The number of Topliss-reactive ketones (excluding diaryl/α,β-unsaturated/α-hetero) is 1. The molecule has 5 heteroatoms. The van der Waals surface area contributed by atoms with Crippen LogP contribution in [0.25, 0.3) is 0 Å². The van der Waals surface area contributed by atoms with Gasteiger partial charge in [-0.3, -0.25) is 9.59 Å². The molecule has 1 heterocycles. The molecule has 1 amide bonds. The molecule has 1 rings (SSSR count). The Balaban J connectivity index is 2.14. The highest BCUT2D eigenvalue weighted by Crippen LogP contribution is 2.08. The van der Waals surface area contributed by atoms with Gasteiger partial charge >= 0.3 is 0 Å². The summed E-state index contributed by atoms with van der Waals surface area (Å²) in [5, 5.41) is 8.50. The molecule has 0 aliphatic carbocycles. The number of aliphatic hydroxyl groups is 1. The molecule has 0 atom stereocenters. The fraction of sp³-hybridized carbons (Fsp3) is 0.750. The first-order valence-corrected chi connectivity index (χ1v) is 5.37. The normalized spacial score (nSPS) is 17.2. The molecule has 0 aromatic rings. The lowest BCUT2D eigenvalue weighted by atomic mass is 10.3. The van der Waals surface area contributed by atoms with Gasteiger partial charge in [0.2, 0.25) is 5.91 Å². The molecule has 0 radical (unpaired) electrons. The van der Waals surface area contributed by atoms with E-state index >= 15 is 0 Å². The smallest absolute Gasteiger partial charge is 0.230 e. The third kappa shape index (κ3) is 3.36. The lowest BCUT2D eigenvalue weighted by molar-refractivity contribution is -0.127. The molecular weight excluding hydrogens is 190 g/mol. The number of carbonyl (C=O) groups is 2. The van der Waals surface area contributed by atoms with Crippen LogP contribution in [-0.2, 0) is 9.59 Å². The molecule has 0 bridgehead atoms. The number of nitrogens with zero attached hydrogens (tertiary/aromatic N) is 1. The number of likely N-dealkylation sites (tertiary alicyclic amines) is 1. The molecular formula is C8H13NO3S. The molecule has 1 fully saturated rings. The van der Waals surface area contributed by atoms with Crippen molar-refractivity contribution in [3.05, 3.63) is 0 Å². The minimum absolute atomic E-state index is 0.0113. The van der Waals surface area contributed by atoms with Crippen molar-refractivity contribution in [1.82, 2.24) is 4.90 Å². The minimum Gasteiger partial charge on any atom is -0.396 e. The minimum atomic E-state index is -0.0606. The predicted molar refractivity (Wildman–Crippen MR) is 50.6 cm³/mol. The van der Waals surface area contributed by atoms with Crippen molar-refractivity contribution < 1.29 is 14.7 Å². The number of rotatable bonds is 5. The van der Waals surface area contributed by atoms with Crippen molar-refractivity contribution in [2.75, 3.05) is 31.2 Å². The Kier molecular flexibility index (Phi) is 4.24. The highest BCUT2D eigenvalue weighted by Gasteiger charge is 2.26. The van der Waals surface area contributed by atoms with Gasteiger partial charge in [0.15, 0.2) is 5.78 Å². The van der Waals surface area contributed by atoms with E-state index in [0.29, 0.717) is 12.3 Å². The van der Waals surface area contributed by atoms with Crippen LogP contribution in [0, 0.1) is 0 Å². The summed E-state index contributed by atoms with van der Waals surface area (Å²) in [6.45, 7) is 1.06. The Bertz CT molecular complexity index is 208. The van der Waals surface area contributed by atoms with Crippen LogP contribution in [-0.4, -0.2) is 52.9 Å². The van der Waals surface area contributed by atoms with Crippen molar-refractivity contribution in [3.8, 4) is 0 Å². The standard InChI is InChI=1S/C8H13NO3S/c10-2-4-13-3-1-9-6-7(11)5-8(9)12/h10H,1-6H2. The van der Waals surface area contributed by atoms with Gasteiger partial charge < -0.3 is 10.0 Å². The Morgan fingerprint density at radius 3 is 2.69 bits per heavy atom. The molecule has 0 spiro atoms. The first-order valence-electron chi connectivity index (χ1n) is 4.22. The van der Waals surface area contributed by atoms with Gasteiger partial charge in [0.1, 0.15) is 0 Å². The van der Waals surface area contributed by atoms with Crippen molar-refractivity contribution in [3.63, 3.8) is 0 Å². The summed E-state index contributed by atoms with van der Waals surface area (Å²) in [6.07, 6.45) is 0.0741. The van der Waals surface area contributed by atoms with E-state index in [9.17, 15) is 9.59 Å². The zero-order chi connectivity index (χ0) is 9.68. The Hall–Kier alpha value is -0.550. The number of amides is 1. The molecule has 1 aliphatic heterocycles. The van der Waals surface area contributed by atoms with Gasteiger partial charge in [-0.25, -0.2) is 0 Å². The SMILES string of the molecule is O=C1CC(=O)N(CCSCCO)C1. The second-order valence-electron chi connectivity index (χ2n) is 2.87. The molecule has 74 valence electrons. The van der Waals surface area contributed by atoms with E-state index < -0.39 is 0 Å². The highest BCUT2D eigenvalue weighted by molar-refractivity contribution is 7.99. The second-order valence-corrected chi connectivity index (χ2v) is 4.09. The predicted octanol–water partition coefficient (Wildman–Crippen LogP) is -0.487. The fourth-order valence-electron chi connectivity index (χ4n) is 1.18. The van der Waals surface area contributed by atoms with Crippen LogP contribution in [0.15, 0.2) is 0 Å². The molecule has 1 saturated heterocycles. The van der Waals surface area contributed by atoms with Crippen LogP contribution in [0.1, 0.15) is 6.42 Å². The van der Waals surface area contributed by atoms with Gasteiger partial charge in [0.25, 0.3) is 0 Å². The fourth-order valence-corrected chi connectivity index (χ4v) is 1.87. The van der Waals surface area contributed by atoms with E-state index in [1.165, 1.54) is 0 Å². The van der Waals surface area contributed by atoms with Crippen LogP contribution in [0.3, 0.4) is 0 Å². The quantitative estimate of drug-likeness (QED) is 0.484. The number of thioether (sulfide) groups is 1. The van der Waals surface area contributed by atoms with E-state index in [2.05, 4.69) is 0 Å². The number of hydrogen-bond acceptors (Lipinski definition) is 4. The molecule has 0 aromatic carbocycles. The monoisotopic (exact) mass is 203 g/mol. The van der Waals surface area contributed by atoms with Crippen LogP contribution in [0.5, 0.6) is 0 Å². The summed E-state index contributed by atoms with van der Waals surface area (Å²) >= 11 is 1.59. The summed E-state index contributed by atoms with van der Waals surface area (Å²) in [7, 11) is 0. The number of ketones is 1. The summed E-state index contributed by atoms with van der Waals surface area (Å²) in [4.78, 5) is 23.5. The average Bonchev–Trinajstić information content (AvgIpc) is 2.39. The Labute approximate surface area is 81.3 Å². The maximum absolute atomic E-state index is 11.1. The molecule has 1 aliphatic rings. The number of carbonyl (C=O) groups excluding carboxylic acids is 2. The van der Waals surface area contributed by atoms with Crippen LogP contribution in [0.4, 0.5) is 0 Å². The number of aliphatic hydroxyl groups excluding tert-OH is 1. The molecule has 0 unspecified atom stereocenters. The van der Waals surface area contributed by atoms with Gasteiger partial charge in [0.05, 0.1) is 19.6 Å². The summed E-state index contributed by atoms with van der Waals surface area (Å²) < 4.78 is 0.